The van der Waals surface area contributed by atoms with Crippen molar-refractivity contribution < 1.29 is 132 Å². The Hall–Kier alpha value is -9.88. The quantitative estimate of drug-likeness (QED) is 0.00571. The van der Waals surface area contributed by atoms with Gasteiger partial charge in [-0.25, -0.2) is 37.4 Å². The molecule has 4 fully saturated rings. The molecule has 12 rings (SSSR count). The molecule has 4 aromatic heterocycles. The third-order valence-corrected chi connectivity index (χ3v) is 29.9. The van der Waals surface area contributed by atoms with E-state index in [0.717, 1.165) is 55.4 Å². The van der Waals surface area contributed by atoms with E-state index in [0.29, 0.717) is 12.8 Å². The molecule has 8 heterocycles. The highest BCUT2D eigenvalue weighted by Gasteiger charge is 2.59. The van der Waals surface area contributed by atoms with Gasteiger partial charge in [0.05, 0.1) is 52.9 Å². The smallest absolute Gasteiger partial charge is 0.459 e. The molecular weight excluding hydrogens is 2070 g/mol. The lowest BCUT2D eigenvalue weighted by molar-refractivity contribution is -0.146. The third-order valence-electron chi connectivity index (χ3n) is 21.7. The van der Waals surface area contributed by atoms with E-state index in [9.17, 15) is 96.2 Å². The molecule has 0 radical (unpaired) electrons. The van der Waals surface area contributed by atoms with Crippen molar-refractivity contribution >= 4 is 101 Å². The summed E-state index contributed by atoms with van der Waals surface area (Å²) < 4.78 is 146. The molecule has 4 aliphatic heterocycles. The molecule has 3 unspecified atom stereocenters. The molecule has 48 nitrogen and oxygen atoms in total. The summed E-state index contributed by atoms with van der Waals surface area (Å²) in [6.07, 6.45) is -7.01. The Morgan fingerprint density at radius 1 is 0.347 bits per heavy atom. The number of aromatic amines is 4. The molecule has 24 atom stereocenters. The summed E-state index contributed by atoms with van der Waals surface area (Å²) in [5.74, 6) is -1.81. The molecule has 792 valence electrons. The van der Waals surface area contributed by atoms with Crippen LogP contribution >= 0.6 is 77.4 Å². The summed E-state index contributed by atoms with van der Waals surface area (Å²) in [4.78, 5) is 146. The SMILES string of the molecule is CCCCOC(=O)[C@H](C)N[P@@](=O)(OC[C@H]1O[C@@H](n2ccc(=O)[nH]c2=O)[C@](C)(Cl)[C@@H]1O)Oc1ccccc1.CCCCOC(=O)[C@H](C)N[P@](=O)(OC[C@H]1O[C@@H](n2ccc(=O)[nH]c2=O)[C@](C)(Cl)[C@@H]1O)Oc1ccccc1.CCOC(=O)C(C)NP(=O)(OC[C@H]1O[C@@H](n2ccc(=O)[nH]c2=O)[C@](C)(Cl)[C@@H]1O)Oc1ccccc1.CCOC(=O)[C@@H](C)NP(=O)(OC[C@H]1O[C@@H](n2ccc(=O)[nH]c2=O)[C@](C)(Cl)[C@@H]1O)Oc1ccccc1. The Labute approximate surface area is 842 Å². The summed E-state index contributed by atoms with van der Waals surface area (Å²) in [6, 6.07) is 32.8. The maximum atomic E-state index is 13.7. The number of ether oxygens (including phenoxy) is 8. The average Bonchev–Trinajstić information content (AvgIpc) is 1.63. The minimum absolute atomic E-state index is 0.122. The molecule has 4 aliphatic rings. The van der Waals surface area contributed by atoms with Crippen molar-refractivity contribution in [3.05, 3.63) is 254 Å². The molecule has 0 aliphatic carbocycles. The monoisotopic (exact) mass is 2180 g/mol. The van der Waals surface area contributed by atoms with Crippen LogP contribution in [0.1, 0.15) is 134 Å². The molecule has 144 heavy (non-hydrogen) atoms. The number of esters is 4. The lowest BCUT2D eigenvalue weighted by atomic mass is 10.0. The van der Waals surface area contributed by atoms with Crippen molar-refractivity contribution in [2.24, 2.45) is 0 Å². The van der Waals surface area contributed by atoms with Crippen LogP contribution in [0.2, 0.25) is 0 Å². The van der Waals surface area contributed by atoms with Crippen molar-refractivity contribution in [1.82, 2.24) is 58.6 Å². The Balaban J connectivity index is 0.000000214. The maximum absolute atomic E-state index is 13.7. The number of aliphatic hydroxyl groups is 4. The van der Waals surface area contributed by atoms with Crippen LogP contribution in [0, 0.1) is 0 Å². The van der Waals surface area contributed by atoms with Gasteiger partial charge in [0.2, 0.25) is 0 Å². The number of para-hydroxylation sites is 4. The van der Waals surface area contributed by atoms with Crippen LogP contribution < -0.4 is 83.4 Å². The van der Waals surface area contributed by atoms with Crippen LogP contribution in [0.5, 0.6) is 23.0 Å². The number of nitrogens with one attached hydrogen (secondary N) is 8. The number of aromatic nitrogens is 8. The average molecular weight is 2180 g/mol. The first kappa shape index (κ1) is 118. The summed E-state index contributed by atoms with van der Waals surface area (Å²) in [6.45, 7) is 17.5. The molecule has 0 saturated carbocycles. The van der Waals surface area contributed by atoms with Gasteiger partial charge in [0.15, 0.2) is 24.9 Å². The number of nitrogens with zero attached hydrogens (tertiary/aromatic N) is 4. The summed E-state index contributed by atoms with van der Waals surface area (Å²) in [5, 5.41) is 53.3. The van der Waals surface area contributed by atoms with E-state index in [2.05, 4.69) is 40.3 Å². The second kappa shape index (κ2) is 52.6. The van der Waals surface area contributed by atoms with E-state index in [4.69, 9.17) is 120 Å². The number of hydrogen-bond acceptors (Lipinski definition) is 36. The van der Waals surface area contributed by atoms with Crippen molar-refractivity contribution in [2.45, 2.75) is 226 Å². The lowest BCUT2D eigenvalue weighted by Gasteiger charge is -2.26. The van der Waals surface area contributed by atoms with Gasteiger partial charge in [-0.2, -0.15) is 20.3 Å². The highest BCUT2D eigenvalue weighted by atomic mass is 35.5. The number of rotatable bonds is 44. The van der Waals surface area contributed by atoms with Crippen molar-refractivity contribution in [3.8, 4) is 23.0 Å². The number of unbranched alkanes of at least 4 members (excludes halogenated alkanes) is 2. The number of alkyl halides is 4. The van der Waals surface area contributed by atoms with Crippen molar-refractivity contribution in [2.75, 3.05) is 52.9 Å². The van der Waals surface area contributed by atoms with Gasteiger partial charge in [-0.15, -0.1) is 46.4 Å². The number of carbonyl (C=O) groups is 4. The van der Waals surface area contributed by atoms with Crippen molar-refractivity contribution in [3.63, 3.8) is 0 Å². The summed E-state index contributed by atoms with van der Waals surface area (Å²) in [5.41, 5.74) is -5.57. The zero-order chi connectivity index (χ0) is 106. The predicted octanol–water partition coefficient (Wildman–Crippen LogP) is 7.71. The molecule has 0 bridgehead atoms. The normalized spacial score (nSPS) is 26.2. The van der Waals surface area contributed by atoms with E-state index in [1.165, 1.54) is 80.2 Å². The number of hydrogen-bond donors (Lipinski definition) is 12. The summed E-state index contributed by atoms with van der Waals surface area (Å²) >= 11 is 26.1. The molecular formula is C88H116Cl4N12O36P4. The zero-order valence-corrected chi connectivity index (χ0v) is 86.4. The topological polar surface area (TPSA) is 633 Å². The molecule has 0 amide bonds. The van der Waals surface area contributed by atoms with E-state index in [1.54, 1.807) is 135 Å². The van der Waals surface area contributed by atoms with Gasteiger partial charge >= 0.3 is 77.6 Å². The van der Waals surface area contributed by atoms with Crippen LogP contribution in [-0.2, 0) is 93.4 Å². The Kier molecular flexibility index (Phi) is 43.0. The molecule has 56 heteroatoms. The number of aliphatic hydroxyl groups excluding tert-OH is 4. The Morgan fingerprint density at radius 2 is 0.542 bits per heavy atom. The van der Waals surface area contributed by atoms with E-state index in [1.807, 2.05) is 13.8 Å². The molecule has 4 saturated heterocycles. The second-order valence-corrected chi connectivity index (χ2v) is 43.3. The van der Waals surface area contributed by atoms with Gasteiger partial charge in [-0.3, -0.25) is 94.7 Å². The van der Waals surface area contributed by atoms with Gasteiger partial charge in [-0.1, -0.05) is 99.5 Å². The number of halogens is 4. The lowest BCUT2D eigenvalue weighted by Crippen LogP contribution is -2.43. The number of H-pyrrole nitrogens is 4. The van der Waals surface area contributed by atoms with Gasteiger partial charge < -0.3 is 76.4 Å². The molecule has 12 N–H and O–H groups in total. The fraction of sp³-hybridized carbons (Fsp3) is 0.500. The molecule has 4 aromatic carbocycles. The molecule has 8 aromatic rings. The van der Waals surface area contributed by atoms with Crippen LogP contribution in [0.15, 0.2) is 209 Å². The van der Waals surface area contributed by atoms with E-state index in [-0.39, 0.29) is 49.4 Å². The fourth-order valence-corrected chi connectivity index (χ4v) is 21.2. The number of carbonyl (C=O) groups excluding carboxylic acids is 4. The van der Waals surface area contributed by atoms with E-state index < -0.39 is 244 Å². The van der Waals surface area contributed by atoms with Crippen LogP contribution in [-0.4, -0.2) is 228 Å². The highest BCUT2D eigenvalue weighted by molar-refractivity contribution is 7.53. The van der Waals surface area contributed by atoms with Crippen LogP contribution in [0.4, 0.5) is 0 Å². The minimum Gasteiger partial charge on any atom is -0.465 e. The third kappa shape index (κ3) is 32.1. The standard InChI is InChI=1S/2C23H31ClN3O9P.2C21H27ClN3O9P/c2*1-4-5-13-33-20(30)15(2)26-37(32,36-16-9-7-6-8-10-16)34-14-17-19(29)23(3,24)21(35-17)27-12-11-18(28)25-22(27)31;2*1-4-31-18(28)13(2)24-35(30,34-14-8-6-5-7-9-14)32-12-15-17(27)21(3,22)19(33-15)25-11-10-16(26)23-20(25)29/h2*6-12,15,17,19,21,29H,4-5,13-14H2,1-3H3,(H,26,32)(H,25,28,31);2*5-11,13,15,17,19,27H,4,12H2,1-3H3,(H,24,30)(H,23,26,29)/t15-,17+,19+,21+,23+,37+;15-,17+,19+,21+,23+,37-;13?,15-,17-,19-,21-,35?;13-,15-,17-,19-,21-,35?/m0011/s1. The first-order chi connectivity index (χ1) is 67.9. The van der Waals surface area contributed by atoms with E-state index >= 15 is 0 Å². The Bertz CT molecular complexity index is 5930. The molecule has 0 spiro atoms. The van der Waals surface area contributed by atoms with Gasteiger partial charge in [-0.05, 0) is 131 Å². The zero-order valence-electron chi connectivity index (χ0n) is 79.8. The fourth-order valence-electron chi connectivity index (χ4n) is 14.0. The largest absolute Gasteiger partial charge is 0.465 e. The predicted molar refractivity (Wildman–Crippen MR) is 520 cm³/mol. The first-order valence-corrected chi connectivity index (χ1v) is 52.6. The summed E-state index contributed by atoms with van der Waals surface area (Å²) in [7, 11) is -16.8. The number of benzene rings is 4. The van der Waals surface area contributed by atoms with Crippen LogP contribution in [0.25, 0.3) is 0 Å². The minimum atomic E-state index is -4.22. The first-order valence-electron chi connectivity index (χ1n) is 45.0. The van der Waals surface area contributed by atoms with Gasteiger partial charge in [0.1, 0.15) is 115 Å². The Morgan fingerprint density at radius 3 is 0.722 bits per heavy atom. The van der Waals surface area contributed by atoms with Gasteiger partial charge in [0.25, 0.3) is 22.2 Å². The maximum Gasteiger partial charge on any atom is 0.459 e. The van der Waals surface area contributed by atoms with Crippen molar-refractivity contribution in [1.29, 1.82) is 0 Å². The van der Waals surface area contributed by atoms with Gasteiger partial charge in [0, 0.05) is 49.1 Å². The second-order valence-electron chi connectivity index (χ2n) is 33.3. The highest BCUT2D eigenvalue weighted by Crippen LogP contribution is 2.54. The van der Waals surface area contributed by atoms with Crippen LogP contribution in [0.3, 0.4) is 0 Å².